The number of methoxy groups -OCH3 is 1. The van der Waals surface area contributed by atoms with E-state index < -0.39 is 11.4 Å². The Morgan fingerprint density at radius 1 is 1.00 bits per heavy atom. The topological polar surface area (TPSA) is 46.5 Å². The van der Waals surface area contributed by atoms with Gasteiger partial charge in [0, 0.05) is 7.11 Å². The van der Waals surface area contributed by atoms with Crippen molar-refractivity contribution in [3.63, 3.8) is 0 Å². The van der Waals surface area contributed by atoms with E-state index in [1.165, 1.54) is 44.9 Å². The average molecular weight is 433 g/mol. The van der Waals surface area contributed by atoms with Crippen LogP contribution in [0.4, 0.5) is 0 Å². The third kappa shape index (κ3) is 3.89. The van der Waals surface area contributed by atoms with Gasteiger partial charge < -0.3 is 9.84 Å². The highest BCUT2D eigenvalue weighted by Crippen LogP contribution is 2.68. The van der Waals surface area contributed by atoms with Crippen molar-refractivity contribution in [3.05, 3.63) is 0 Å². The molecule has 4 aliphatic carbocycles. The highest BCUT2D eigenvalue weighted by molar-refractivity contribution is 5.76. The lowest BCUT2D eigenvalue weighted by molar-refractivity contribution is -0.188. The molecule has 0 unspecified atom stereocenters. The minimum atomic E-state index is -0.524. The molecule has 0 heterocycles. The zero-order valence-electron chi connectivity index (χ0n) is 20.9. The van der Waals surface area contributed by atoms with Crippen molar-refractivity contribution >= 4 is 5.97 Å². The lowest BCUT2D eigenvalue weighted by Crippen LogP contribution is -2.59. The van der Waals surface area contributed by atoms with Crippen LogP contribution in [0.5, 0.6) is 0 Å². The summed E-state index contributed by atoms with van der Waals surface area (Å²) in [5, 5.41) is 10.6. The number of hydrogen-bond acceptors (Lipinski definition) is 2. The largest absolute Gasteiger partial charge is 0.481 e. The number of carbonyl (C=O) groups is 1. The smallest absolute Gasteiger partial charge is 0.310 e. The summed E-state index contributed by atoms with van der Waals surface area (Å²) < 4.78 is 5.74. The Balaban J connectivity index is 1.54. The lowest BCUT2D eigenvalue weighted by atomic mass is 9.43. The van der Waals surface area contributed by atoms with Crippen LogP contribution in [0.2, 0.25) is 0 Å². The van der Waals surface area contributed by atoms with Gasteiger partial charge in [-0.1, -0.05) is 47.0 Å². The van der Waals surface area contributed by atoms with Crippen molar-refractivity contribution in [1.82, 2.24) is 0 Å². The van der Waals surface area contributed by atoms with Crippen LogP contribution >= 0.6 is 0 Å². The molecular weight excluding hydrogens is 384 g/mol. The molecule has 0 saturated heterocycles. The molecule has 0 spiro atoms. The molecule has 0 bridgehead atoms. The summed E-state index contributed by atoms with van der Waals surface area (Å²) in [6, 6.07) is 0. The van der Waals surface area contributed by atoms with E-state index in [0.29, 0.717) is 23.2 Å². The fourth-order valence-electron chi connectivity index (χ4n) is 9.52. The Hall–Kier alpha value is -0.570. The first-order chi connectivity index (χ1) is 14.7. The summed E-state index contributed by atoms with van der Waals surface area (Å²) >= 11 is 0. The van der Waals surface area contributed by atoms with Crippen molar-refractivity contribution < 1.29 is 14.6 Å². The fraction of sp³-hybridized carbons (Fsp3) is 0.964. The van der Waals surface area contributed by atoms with E-state index in [0.717, 1.165) is 55.8 Å². The van der Waals surface area contributed by atoms with Gasteiger partial charge in [-0.05, 0) is 105 Å². The quantitative estimate of drug-likeness (QED) is 0.463. The summed E-state index contributed by atoms with van der Waals surface area (Å²) in [4.78, 5) is 12.9. The molecule has 4 fully saturated rings. The summed E-state index contributed by atoms with van der Waals surface area (Å²) in [5.41, 5.74) is -0.0928. The van der Waals surface area contributed by atoms with E-state index in [2.05, 4.69) is 27.7 Å². The first kappa shape index (κ1) is 23.6. The maximum absolute atomic E-state index is 12.9. The number of carboxylic acid groups (broad SMARTS) is 1. The molecule has 4 saturated carbocycles. The molecule has 4 aliphatic rings. The van der Waals surface area contributed by atoms with E-state index in [-0.39, 0.29) is 6.10 Å². The van der Waals surface area contributed by atoms with E-state index in [9.17, 15) is 9.90 Å². The summed E-state index contributed by atoms with van der Waals surface area (Å²) in [6.45, 7) is 9.80. The van der Waals surface area contributed by atoms with Gasteiger partial charge in [-0.15, -0.1) is 0 Å². The van der Waals surface area contributed by atoms with Crippen LogP contribution in [0.1, 0.15) is 105 Å². The first-order valence-corrected chi connectivity index (χ1v) is 13.5. The van der Waals surface area contributed by atoms with Crippen LogP contribution < -0.4 is 0 Å². The van der Waals surface area contributed by atoms with Gasteiger partial charge >= 0.3 is 5.97 Å². The Morgan fingerprint density at radius 3 is 2.42 bits per heavy atom. The Morgan fingerprint density at radius 2 is 1.74 bits per heavy atom. The molecule has 0 radical (unpaired) electrons. The van der Waals surface area contributed by atoms with Gasteiger partial charge in [-0.2, -0.15) is 0 Å². The minimum absolute atomic E-state index is 0.136. The Labute approximate surface area is 191 Å². The molecule has 0 aliphatic heterocycles. The third-order valence-corrected chi connectivity index (χ3v) is 11.0. The first-order valence-electron chi connectivity index (χ1n) is 13.5. The lowest BCUT2D eigenvalue weighted by Gasteiger charge is -2.60. The van der Waals surface area contributed by atoms with Crippen molar-refractivity contribution in [2.75, 3.05) is 7.11 Å². The molecule has 1 N–H and O–H groups in total. The number of carboxylic acids is 1. The van der Waals surface area contributed by atoms with Crippen LogP contribution in [0.3, 0.4) is 0 Å². The van der Waals surface area contributed by atoms with Crippen molar-refractivity contribution in [3.8, 4) is 0 Å². The third-order valence-electron chi connectivity index (χ3n) is 11.0. The molecular formula is C28H48O3. The van der Waals surface area contributed by atoms with Crippen LogP contribution in [0.25, 0.3) is 0 Å². The van der Waals surface area contributed by atoms with Crippen LogP contribution in [-0.2, 0) is 9.53 Å². The van der Waals surface area contributed by atoms with Gasteiger partial charge in [0.25, 0.3) is 0 Å². The number of hydrogen-bond donors (Lipinski definition) is 1. The van der Waals surface area contributed by atoms with Crippen LogP contribution in [0.15, 0.2) is 0 Å². The minimum Gasteiger partial charge on any atom is -0.481 e. The Bertz CT molecular complexity index is 644. The molecule has 4 rings (SSSR count). The molecule has 0 aromatic heterocycles. The molecule has 3 heteroatoms. The molecule has 3 nitrogen and oxygen atoms in total. The van der Waals surface area contributed by atoms with Crippen molar-refractivity contribution in [2.24, 2.45) is 52.3 Å². The maximum atomic E-state index is 12.9. The van der Waals surface area contributed by atoms with Crippen LogP contribution in [0, 0.1) is 52.3 Å². The second-order valence-corrected chi connectivity index (χ2v) is 12.7. The van der Waals surface area contributed by atoms with Crippen molar-refractivity contribution in [2.45, 2.75) is 111 Å². The average Bonchev–Trinajstić information content (AvgIpc) is 3.09. The number of rotatable bonds is 7. The fourth-order valence-corrected chi connectivity index (χ4v) is 9.52. The molecule has 178 valence electrons. The molecule has 0 aromatic carbocycles. The summed E-state index contributed by atoms with van der Waals surface area (Å²) in [6.07, 6.45) is 14.6. The highest BCUT2D eigenvalue weighted by Gasteiger charge is 2.64. The van der Waals surface area contributed by atoms with Gasteiger partial charge in [0.15, 0.2) is 0 Å². The zero-order valence-corrected chi connectivity index (χ0v) is 20.9. The standard InChI is InChI=1S/C28H48O3/c1-18(2)7-6-8-19(3)23-13-14-24-22-12-10-20-9-11-21(31-5)17-28(20,26(29)30)25(22)15-16-27(23,24)4/h18-25H,6-17H2,1-5H3,(H,29,30)/t19-,20-,21-,22+,23-,24+,25+,27-,28-/m1/s1. The SMILES string of the molecule is CO[C@@H]1CC[C@@H]2CC[C@H]3[C@@H]4CC[C@H]([C@H](C)CCCC(C)C)[C@@]4(C)CC[C@@H]3[C@@]2(C(=O)O)C1. The van der Waals surface area contributed by atoms with Crippen molar-refractivity contribution in [1.29, 1.82) is 0 Å². The van der Waals surface area contributed by atoms with Gasteiger partial charge in [0.05, 0.1) is 11.5 Å². The zero-order chi connectivity index (χ0) is 22.4. The Kier molecular flexibility index (Phi) is 6.84. The van der Waals surface area contributed by atoms with Gasteiger partial charge in [-0.3, -0.25) is 4.79 Å². The van der Waals surface area contributed by atoms with E-state index >= 15 is 0 Å². The second kappa shape index (κ2) is 8.99. The molecule has 9 atom stereocenters. The van der Waals surface area contributed by atoms with Gasteiger partial charge in [0.2, 0.25) is 0 Å². The van der Waals surface area contributed by atoms with E-state index in [1.54, 1.807) is 7.11 Å². The molecule has 0 amide bonds. The number of fused-ring (bicyclic) bond motifs is 5. The van der Waals surface area contributed by atoms with E-state index in [4.69, 9.17) is 4.74 Å². The normalized spacial score (nSPS) is 45.6. The predicted octanol–water partition coefficient (Wildman–Crippen LogP) is 7.19. The predicted molar refractivity (Wildman–Crippen MR) is 126 cm³/mol. The number of aliphatic carboxylic acids is 1. The van der Waals surface area contributed by atoms with E-state index in [1.807, 2.05) is 0 Å². The molecule has 31 heavy (non-hydrogen) atoms. The monoisotopic (exact) mass is 432 g/mol. The number of ether oxygens (including phenoxy) is 1. The highest BCUT2D eigenvalue weighted by atomic mass is 16.5. The van der Waals surface area contributed by atoms with Gasteiger partial charge in [0.1, 0.15) is 0 Å². The second-order valence-electron chi connectivity index (χ2n) is 12.7. The molecule has 0 aromatic rings. The van der Waals surface area contributed by atoms with Gasteiger partial charge in [-0.25, -0.2) is 0 Å². The summed E-state index contributed by atoms with van der Waals surface area (Å²) in [7, 11) is 1.78. The maximum Gasteiger partial charge on any atom is 0.310 e. The summed E-state index contributed by atoms with van der Waals surface area (Å²) in [5.74, 6) is 4.05. The van der Waals surface area contributed by atoms with Crippen LogP contribution in [-0.4, -0.2) is 24.3 Å².